The van der Waals surface area contributed by atoms with Crippen LogP contribution >= 0.6 is 24.0 Å². The Morgan fingerprint density at radius 1 is 1.25 bits per heavy atom. The smallest absolute Gasteiger partial charge is 0.194 e. The van der Waals surface area contributed by atoms with Crippen molar-refractivity contribution in [2.45, 2.75) is 27.3 Å². The van der Waals surface area contributed by atoms with E-state index in [1.54, 1.807) is 0 Å². The summed E-state index contributed by atoms with van der Waals surface area (Å²) in [7, 11) is 3.93. The topological polar surface area (TPSA) is 67.6 Å². The fraction of sp³-hybridized carbons (Fsp3) is 0.450. The van der Waals surface area contributed by atoms with Gasteiger partial charge in [0.2, 0.25) is 0 Å². The lowest BCUT2D eigenvalue weighted by Gasteiger charge is -2.22. The molecule has 0 saturated carbocycles. The Balaban J connectivity index is 0.00000392. The molecule has 0 amide bonds. The second-order valence-electron chi connectivity index (χ2n) is 6.63. The first kappa shape index (κ1) is 23.9. The molecule has 0 saturated heterocycles. The second-order valence-corrected chi connectivity index (χ2v) is 6.63. The van der Waals surface area contributed by atoms with Crippen LogP contribution in [0, 0.1) is 20.8 Å². The highest BCUT2D eigenvalue weighted by atomic mass is 127. The summed E-state index contributed by atoms with van der Waals surface area (Å²) >= 11 is 0. The molecule has 1 aromatic carbocycles. The van der Waals surface area contributed by atoms with E-state index in [-0.39, 0.29) is 24.0 Å². The molecule has 1 aromatic heterocycles. The van der Waals surface area contributed by atoms with Crippen molar-refractivity contribution in [3.63, 3.8) is 0 Å². The van der Waals surface area contributed by atoms with Gasteiger partial charge in [-0.15, -0.1) is 40.8 Å². The van der Waals surface area contributed by atoms with Gasteiger partial charge in [0.05, 0.1) is 6.54 Å². The van der Waals surface area contributed by atoms with Gasteiger partial charge in [-0.3, -0.25) is 0 Å². The minimum Gasteiger partial charge on any atom is -0.492 e. The van der Waals surface area contributed by atoms with Crippen molar-refractivity contribution < 1.29 is 4.74 Å². The highest BCUT2D eigenvalue weighted by molar-refractivity contribution is 14.0. The highest BCUT2D eigenvalue weighted by Gasteiger charge is 2.09. The molecule has 0 fully saturated rings. The zero-order valence-electron chi connectivity index (χ0n) is 17.4. The van der Waals surface area contributed by atoms with E-state index < -0.39 is 0 Å². The number of nitrogens with one attached hydrogen (secondary N) is 1. The van der Waals surface area contributed by atoms with Crippen LogP contribution in [0.4, 0.5) is 0 Å². The number of hydrogen-bond acceptors (Lipinski definition) is 4. The summed E-state index contributed by atoms with van der Waals surface area (Å²) in [6, 6.07) is 6.24. The Morgan fingerprint density at radius 3 is 2.50 bits per heavy atom. The normalized spacial score (nSPS) is 11.0. The number of likely N-dealkylation sites (N-methyl/N-ethyl adjacent to an activating group) is 1. The van der Waals surface area contributed by atoms with E-state index >= 15 is 0 Å². The zero-order chi connectivity index (χ0) is 19.8. The van der Waals surface area contributed by atoms with Gasteiger partial charge in [-0.25, -0.2) is 4.99 Å². The lowest BCUT2D eigenvalue weighted by molar-refractivity contribution is 0.281. The molecule has 0 atom stereocenters. The fourth-order valence-electron chi connectivity index (χ4n) is 2.63. The van der Waals surface area contributed by atoms with Crippen molar-refractivity contribution in [2.75, 3.05) is 26.7 Å². The molecule has 1 heterocycles. The van der Waals surface area contributed by atoms with E-state index in [0.717, 1.165) is 23.4 Å². The molecule has 0 unspecified atom stereocenters. The van der Waals surface area contributed by atoms with Gasteiger partial charge >= 0.3 is 0 Å². The number of hydrogen-bond donors (Lipinski definition) is 1. The maximum absolute atomic E-state index is 5.91. The summed E-state index contributed by atoms with van der Waals surface area (Å²) in [5, 5.41) is 11.5. The Hall–Kier alpha value is -2.10. The van der Waals surface area contributed by atoms with Crippen LogP contribution in [-0.4, -0.2) is 52.4 Å². The van der Waals surface area contributed by atoms with Gasteiger partial charge in [-0.05, 0) is 44.0 Å². The van der Waals surface area contributed by atoms with Gasteiger partial charge in [0.25, 0.3) is 0 Å². The molecular weight excluding hydrogens is 467 g/mol. The standard InChI is InChI=1S/C20H30N6O.HI/c1-7-8-21-20(22-14-19-24-23-17(4)26(19)6)25(5)9-10-27-18-12-15(2)11-16(3)13-18;/h7,11-13H,1,8-10,14H2,2-6H3,(H,21,22);1H. The summed E-state index contributed by atoms with van der Waals surface area (Å²) in [6.45, 7) is 12.2. The molecule has 1 N–H and O–H groups in total. The number of guanidine groups is 1. The number of nitrogens with zero attached hydrogens (tertiary/aromatic N) is 5. The monoisotopic (exact) mass is 498 g/mol. The molecule has 2 aromatic rings. The Kier molecular flexibility index (Phi) is 9.98. The number of benzene rings is 1. The van der Waals surface area contributed by atoms with Crippen molar-refractivity contribution in [3.8, 4) is 5.75 Å². The molecule has 0 aliphatic heterocycles. The van der Waals surface area contributed by atoms with Crippen molar-refractivity contribution >= 4 is 29.9 Å². The van der Waals surface area contributed by atoms with Gasteiger partial charge in [-0.1, -0.05) is 12.1 Å². The number of ether oxygens (including phenoxy) is 1. The van der Waals surface area contributed by atoms with Crippen LogP contribution in [0.5, 0.6) is 5.75 Å². The second kappa shape index (κ2) is 11.7. The van der Waals surface area contributed by atoms with Crippen molar-refractivity contribution in [3.05, 3.63) is 53.6 Å². The largest absolute Gasteiger partial charge is 0.492 e. The maximum atomic E-state index is 5.91. The van der Waals surface area contributed by atoms with Gasteiger partial charge in [-0.2, -0.15) is 0 Å². The highest BCUT2D eigenvalue weighted by Crippen LogP contribution is 2.16. The molecular formula is C20H31IN6O. The number of aryl methyl sites for hydroxylation is 3. The average Bonchev–Trinajstić information content (AvgIpc) is 2.93. The van der Waals surface area contributed by atoms with E-state index in [2.05, 4.69) is 47.0 Å². The molecule has 7 nitrogen and oxygen atoms in total. The summed E-state index contributed by atoms with van der Waals surface area (Å²) in [5.41, 5.74) is 2.40. The minimum absolute atomic E-state index is 0. The summed E-state index contributed by atoms with van der Waals surface area (Å²) in [4.78, 5) is 6.70. The van der Waals surface area contributed by atoms with E-state index in [1.807, 2.05) is 48.7 Å². The number of aromatic nitrogens is 3. The van der Waals surface area contributed by atoms with Crippen LogP contribution < -0.4 is 10.1 Å². The van der Waals surface area contributed by atoms with Gasteiger partial charge in [0, 0.05) is 20.6 Å². The van der Waals surface area contributed by atoms with Crippen LogP contribution in [-0.2, 0) is 13.6 Å². The number of halogens is 1. The molecule has 0 aliphatic rings. The SMILES string of the molecule is C=CCNC(=NCc1nnc(C)n1C)N(C)CCOc1cc(C)cc(C)c1.I. The third-order valence-electron chi connectivity index (χ3n) is 4.21. The van der Waals surface area contributed by atoms with Gasteiger partial charge < -0.3 is 19.5 Å². The first-order chi connectivity index (χ1) is 12.9. The van der Waals surface area contributed by atoms with Crippen molar-refractivity contribution in [2.24, 2.45) is 12.0 Å². The van der Waals surface area contributed by atoms with Crippen LogP contribution in [0.1, 0.15) is 22.8 Å². The number of aliphatic imine (C=N–C) groups is 1. The predicted molar refractivity (Wildman–Crippen MR) is 125 cm³/mol. The minimum atomic E-state index is 0. The molecule has 0 spiro atoms. The molecule has 0 bridgehead atoms. The first-order valence-electron chi connectivity index (χ1n) is 9.07. The first-order valence-corrected chi connectivity index (χ1v) is 9.07. The Labute approximate surface area is 184 Å². The molecule has 154 valence electrons. The lowest BCUT2D eigenvalue weighted by atomic mass is 10.1. The molecule has 8 heteroatoms. The van der Waals surface area contributed by atoms with Gasteiger partial charge in [0.15, 0.2) is 11.8 Å². The predicted octanol–water partition coefficient (Wildman–Crippen LogP) is 3.00. The Bertz CT molecular complexity index is 782. The summed E-state index contributed by atoms with van der Waals surface area (Å²) < 4.78 is 7.85. The molecule has 0 radical (unpaired) electrons. The third-order valence-corrected chi connectivity index (χ3v) is 4.21. The Morgan fingerprint density at radius 2 is 1.93 bits per heavy atom. The van der Waals surface area contributed by atoms with Crippen LogP contribution in [0.3, 0.4) is 0 Å². The van der Waals surface area contributed by atoms with Crippen LogP contribution in [0.2, 0.25) is 0 Å². The van der Waals surface area contributed by atoms with Gasteiger partial charge in [0.1, 0.15) is 24.7 Å². The quantitative estimate of drug-likeness (QED) is 0.263. The number of rotatable bonds is 8. The van der Waals surface area contributed by atoms with E-state index in [9.17, 15) is 0 Å². The van der Waals surface area contributed by atoms with E-state index in [0.29, 0.717) is 26.2 Å². The average molecular weight is 498 g/mol. The summed E-state index contributed by atoms with van der Waals surface area (Å²) in [5.74, 6) is 3.37. The zero-order valence-corrected chi connectivity index (χ0v) is 19.7. The molecule has 28 heavy (non-hydrogen) atoms. The maximum Gasteiger partial charge on any atom is 0.194 e. The van der Waals surface area contributed by atoms with Crippen LogP contribution in [0.15, 0.2) is 35.8 Å². The molecule has 0 aliphatic carbocycles. The fourth-order valence-corrected chi connectivity index (χ4v) is 2.63. The van der Waals surface area contributed by atoms with E-state index in [4.69, 9.17) is 4.74 Å². The lowest BCUT2D eigenvalue weighted by Crippen LogP contribution is -2.41. The van der Waals surface area contributed by atoms with Crippen molar-refractivity contribution in [1.29, 1.82) is 0 Å². The molecule has 2 rings (SSSR count). The van der Waals surface area contributed by atoms with Crippen LogP contribution in [0.25, 0.3) is 0 Å². The third kappa shape index (κ3) is 7.14. The van der Waals surface area contributed by atoms with E-state index in [1.165, 1.54) is 11.1 Å². The van der Waals surface area contributed by atoms with Crippen molar-refractivity contribution in [1.82, 2.24) is 25.0 Å². The summed E-state index contributed by atoms with van der Waals surface area (Å²) in [6.07, 6.45) is 1.81.